The Balaban J connectivity index is 1.65. The van der Waals surface area contributed by atoms with Gasteiger partial charge in [0, 0.05) is 43.0 Å². The zero-order chi connectivity index (χ0) is 29.8. The number of benzene rings is 2. The minimum Gasteiger partial charge on any atom is -0.354 e. The summed E-state index contributed by atoms with van der Waals surface area (Å²) >= 11 is 12.2. The summed E-state index contributed by atoms with van der Waals surface area (Å²) in [4.78, 5) is 46.4. The summed E-state index contributed by atoms with van der Waals surface area (Å²) in [6.07, 6.45) is -0.225. The van der Waals surface area contributed by atoms with E-state index in [1.807, 2.05) is 20.8 Å². The lowest BCUT2D eigenvalue weighted by Crippen LogP contribution is -2.46. The SMILES string of the molecule is COC(CNC(=O)c1ccc(-n2c(NC(C)C)nc3c(c2=O)CC(C)N(C(=O)c2ccc(Cl)c(Cl)c2)C3)cc1)OC. The van der Waals surface area contributed by atoms with Gasteiger partial charge in [-0.1, -0.05) is 23.2 Å². The Kier molecular flexibility index (Phi) is 9.70. The molecule has 2 amide bonds. The smallest absolute Gasteiger partial charge is 0.263 e. The third kappa shape index (κ3) is 6.73. The Hall–Kier alpha value is -3.44. The molecule has 1 atom stereocenters. The van der Waals surface area contributed by atoms with Crippen LogP contribution in [-0.2, 0) is 22.4 Å². The number of fused-ring (bicyclic) bond motifs is 1. The number of ether oxygens (including phenoxy) is 2. The summed E-state index contributed by atoms with van der Waals surface area (Å²) in [5.41, 5.74) is 2.22. The number of anilines is 1. The molecule has 4 rings (SSSR count). The molecule has 1 aliphatic rings. The second-order valence-corrected chi connectivity index (χ2v) is 10.9. The van der Waals surface area contributed by atoms with Gasteiger partial charge in [-0.15, -0.1) is 0 Å². The third-order valence-corrected chi connectivity index (χ3v) is 7.54. The van der Waals surface area contributed by atoms with Gasteiger partial charge in [0.2, 0.25) is 5.95 Å². The number of methoxy groups -OCH3 is 2. The largest absolute Gasteiger partial charge is 0.354 e. The highest BCUT2D eigenvalue weighted by atomic mass is 35.5. The van der Waals surface area contributed by atoms with E-state index in [9.17, 15) is 14.4 Å². The standard InChI is InChI=1S/C29H33Cl2N5O5/c1-16(2)33-29-34-24-15-35(27(38)19-8-11-22(30)23(31)13-19)17(3)12-21(24)28(39)36(29)20-9-6-18(7-10-20)26(37)32-14-25(40-4)41-5/h6-11,13,16-17,25H,12,14-15H2,1-5H3,(H,32,37)(H,33,34). The van der Waals surface area contributed by atoms with Gasteiger partial charge in [-0.25, -0.2) is 9.55 Å². The van der Waals surface area contributed by atoms with Crippen molar-refractivity contribution in [1.29, 1.82) is 0 Å². The lowest BCUT2D eigenvalue weighted by molar-refractivity contribution is -0.0974. The molecule has 2 N–H and O–H groups in total. The predicted molar refractivity (Wildman–Crippen MR) is 158 cm³/mol. The van der Waals surface area contributed by atoms with Crippen LogP contribution >= 0.6 is 23.2 Å². The molecule has 0 bridgehead atoms. The molecule has 0 aliphatic carbocycles. The number of amides is 2. The minimum atomic E-state index is -0.555. The van der Waals surface area contributed by atoms with Gasteiger partial charge in [-0.05, 0) is 69.7 Å². The van der Waals surface area contributed by atoms with Gasteiger partial charge < -0.3 is 25.0 Å². The highest BCUT2D eigenvalue weighted by Crippen LogP contribution is 2.27. The number of halogens is 2. The van der Waals surface area contributed by atoms with E-state index >= 15 is 0 Å². The fourth-order valence-electron chi connectivity index (χ4n) is 4.62. The molecular formula is C29H33Cl2N5O5. The Morgan fingerprint density at radius 3 is 2.32 bits per heavy atom. The first kappa shape index (κ1) is 30.5. The minimum absolute atomic E-state index is 0.0257. The number of carbonyl (C=O) groups excluding carboxylic acids is 2. The summed E-state index contributed by atoms with van der Waals surface area (Å²) in [6.45, 7) is 6.14. The molecular weight excluding hydrogens is 569 g/mol. The molecule has 2 heterocycles. The summed E-state index contributed by atoms with van der Waals surface area (Å²) in [5, 5.41) is 6.68. The molecule has 218 valence electrons. The van der Waals surface area contributed by atoms with Crippen LogP contribution in [0.4, 0.5) is 5.95 Å². The van der Waals surface area contributed by atoms with Crippen molar-refractivity contribution in [2.45, 2.75) is 52.1 Å². The molecule has 0 radical (unpaired) electrons. The van der Waals surface area contributed by atoms with Crippen LogP contribution in [0.2, 0.25) is 10.0 Å². The average molecular weight is 603 g/mol. The number of aromatic nitrogens is 2. The summed E-state index contributed by atoms with van der Waals surface area (Å²) in [7, 11) is 2.99. The van der Waals surface area contributed by atoms with Crippen LogP contribution in [0.5, 0.6) is 0 Å². The lowest BCUT2D eigenvalue weighted by Gasteiger charge is -2.34. The van der Waals surface area contributed by atoms with E-state index in [1.54, 1.807) is 47.4 Å². The molecule has 12 heteroatoms. The molecule has 0 saturated carbocycles. The summed E-state index contributed by atoms with van der Waals surface area (Å²) in [6, 6.07) is 11.2. The second-order valence-electron chi connectivity index (χ2n) is 10.1. The normalized spacial score (nSPS) is 14.8. The topological polar surface area (TPSA) is 115 Å². The Bertz CT molecular complexity index is 1490. The maximum absolute atomic E-state index is 13.9. The van der Waals surface area contributed by atoms with Gasteiger partial charge in [0.05, 0.1) is 34.5 Å². The van der Waals surface area contributed by atoms with Crippen LogP contribution in [0.15, 0.2) is 47.3 Å². The highest BCUT2D eigenvalue weighted by molar-refractivity contribution is 6.42. The van der Waals surface area contributed by atoms with Gasteiger partial charge in [-0.2, -0.15) is 0 Å². The van der Waals surface area contributed by atoms with Crippen molar-refractivity contribution in [3.63, 3.8) is 0 Å². The average Bonchev–Trinajstić information content (AvgIpc) is 2.95. The Labute approximate surface area is 248 Å². The van der Waals surface area contributed by atoms with E-state index in [4.69, 9.17) is 37.7 Å². The predicted octanol–water partition coefficient (Wildman–Crippen LogP) is 4.30. The molecule has 1 aliphatic heterocycles. The number of nitrogens with zero attached hydrogens (tertiary/aromatic N) is 3. The van der Waals surface area contributed by atoms with Crippen molar-refractivity contribution in [3.05, 3.63) is 85.2 Å². The second kappa shape index (κ2) is 13.0. The zero-order valence-electron chi connectivity index (χ0n) is 23.5. The van der Waals surface area contributed by atoms with Crippen molar-refractivity contribution in [2.75, 3.05) is 26.1 Å². The van der Waals surface area contributed by atoms with E-state index in [0.29, 0.717) is 50.5 Å². The molecule has 41 heavy (non-hydrogen) atoms. The fraction of sp³-hybridized carbons (Fsp3) is 0.379. The summed E-state index contributed by atoms with van der Waals surface area (Å²) < 4.78 is 11.7. The first-order valence-corrected chi connectivity index (χ1v) is 13.9. The quantitative estimate of drug-likeness (QED) is 0.351. The molecule has 10 nitrogen and oxygen atoms in total. The summed E-state index contributed by atoms with van der Waals surface area (Å²) in [5.74, 6) is -0.171. The number of hydrogen-bond acceptors (Lipinski definition) is 7. The number of carbonyl (C=O) groups is 2. The van der Waals surface area contributed by atoms with Crippen molar-refractivity contribution >= 4 is 41.0 Å². The van der Waals surface area contributed by atoms with Crippen LogP contribution in [0, 0.1) is 0 Å². The van der Waals surface area contributed by atoms with E-state index in [2.05, 4.69) is 10.6 Å². The highest BCUT2D eigenvalue weighted by Gasteiger charge is 2.32. The molecule has 1 unspecified atom stereocenters. The molecule has 3 aromatic rings. The van der Waals surface area contributed by atoms with Gasteiger partial charge in [0.1, 0.15) is 0 Å². The van der Waals surface area contributed by atoms with E-state index in [-0.39, 0.29) is 42.5 Å². The molecule has 2 aromatic carbocycles. The van der Waals surface area contributed by atoms with Gasteiger partial charge in [0.25, 0.3) is 17.4 Å². The van der Waals surface area contributed by atoms with Crippen LogP contribution in [0.3, 0.4) is 0 Å². The van der Waals surface area contributed by atoms with Crippen molar-refractivity contribution in [2.24, 2.45) is 0 Å². The molecule has 0 spiro atoms. The van der Waals surface area contributed by atoms with Crippen molar-refractivity contribution < 1.29 is 19.1 Å². The van der Waals surface area contributed by atoms with E-state index < -0.39 is 6.29 Å². The van der Waals surface area contributed by atoms with Crippen molar-refractivity contribution in [3.8, 4) is 5.69 Å². The number of rotatable bonds is 9. The van der Waals surface area contributed by atoms with E-state index in [0.717, 1.165) is 0 Å². The zero-order valence-corrected chi connectivity index (χ0v) is 25.0. The molecule has 0 fully saturated rings. The maximum Gasteiger partial charge on any atom is 0.263 e. The van der Waals surface area contributed by atoms with Gasteiger partial charge in [-0.3, -0.25) is 14.4 Å². The van der Waals surface area contributed by atoms with Crippen LogP contribution < -0.4 is 16.2 Å². The maximum atomic E-state index is 13.9. The Morgan fingerprint density at radius 1 is 1.05 bits per heavy atom. The lowest BCUT2D eigenvalue weighted by atomic mass is 9.98. The van der Waals surface area contributed by atoms with Crippen molar-refractivity contribution in [1.82, 2.24) is 19.8 Å². The first-order chi connectivity index (χ1) is 19.5. The fourth-order valence-corrected chi connectivity index (χ4v) is 4.92. The third-order valence-electron chi connectivity index (χ3n) is 6.80. The number of nitrogens with one attached hydrogen (secondary N) is 2. The van der Waals surface area contributed by atoms with Crippen LogP contribution in [0.25, 0.3) is 5.69 Å². The Morgan fingerprint density at radius 2 is 1.71 bits per heavy atom. The number of hydrogen-bond donors (Lipinski definition) is 2. The van der Waals surface area contributed by atoms with Gasteiger partial charge in [0.15, 0.2) is 6.29 Å². The monoisotopic (exact) mass is 601 g/mol. The van der Waals surface area contributed by atoms with E-state index in [1.165, 1.54) is 18.8 Å². The van der Waals surface area contributed by atoms with Gasteiger partial charge >= 0.3 is 0 Å². The van der Waals surface area contributed by atoms with Crippen LogP contribution in [0.1, 0.15) is 52.7 Å². The molecule has 0 saturated heterocycles. The molecule has 1 aromatic heterocycles. The first-order valence-electron chi connectivity index (χ1n) is 13.2. The van der Waals surface area contributed by atoms with Crippen LogP contribution in [-0.4, -0.2) is 65.4 Å².